The molecule has 0 spiro atoms. The summed E-state index contributed by atoms with van der Waals surface area (Å²) in [6.45, 7) is 6.82. The second-order valence-corrected chi connectivity index (χ2v) is 3.84. The van der Waals surface area contributed by atoms with Gasteiger partial charge in [-0.3, -0.25) is 0 Å². The maximum atomic E-state index is 2.33. The topological polar surface area (TPSA) is 0 Å². The van der Waals surface area contributed by atoms with Gasteiger partial charge in [-0.05, 0) is 29.9 Å². The van der Waals surface area contributed by atoms with E-state index in [1.807, 2.05) is 0 Å². The molecule has 14 heavy (non-hydrogen) atoms. The molecule has 1 rings (SSSR count). The van der Waals surface area contributed by atoms with E-state index in [1.165, 1.54) is 18.4 Å². The molecular formula is C14H24. The molecular weight excluding hydrogens is 168 g/mol. The molecule has 0 aliphatic carbocycles. The van der Waals surface area contributed by atoms with Crippen LogP contribution in [-0.4, -0.2) is 0 Å². The minimum absolute atomic E-state index is 0. The average Bonchev–Trinajstić information content (AvgIpc) is 2.18. The summed E-state index contributed by atoms with van der Waals surface area (Å²) in [6, 6.07) is 8.80. The second kappa shape index (κ2) is 6.64. The molecule has 0 saturated carbocycles. The first-order chi connectivity index (χ1) is 6.27. The second-order valence-electron chi connectivity index (χ2n) is 3.84. The maximum Gasteiger partial charge on any atom is -0.0250 e. The summed E-state index contributed by atoms with van der Waals surface area (Å²) in [5.74, 6) is 0.813. The Kier molecular flexibility index (Phi) is 6.27. The van der Waals surface area contributed by atoms with Gasteiger partial charge in [0.1, 0.15) is 0 Å². The van der Waals surface area contributed by atoms with Crippen LogP contribution in [0.1, 0.15) is 45.7 Å². The third kappa shape index (κ3) is 3.53. The molecule has 0 heterocycles. The molecule has 1 aromatic carbocycles. The first kappa shape index (κ1) is 13.2. The molecule has 80 valence electrons. The van der Waals surface area contributed by atoms with Crippen molar-refractivity contribution in [3.05, 3.63) is 35.4 Å². The minimum Gasteiger partial charge on any atom is -0.0776 e. The smallest absolute Gasteiger partial charge is 0.0250 e. The van der Waals surface area contributed by atoms with E-state index in [2.05, 4.69) is 45.0 Å². The van der Waals surface area contributed by atoms with Crippen molar-refractivity contribution in [3.8, 4) is 0 Å². The zero-order valence-electron chi connectivity index (χ0n) is 9.01. The van der Waals surface area contributed by atoms with Crippen LogP contribution in [-0.2, 0) is 12.8 Å². The van der Waals surface area contributed by atoms with Gasteiger partial charge < -0.3 is 0 Å². The molecule has 0 unspecified atom stereocenters. The number of benzene rings is 1. The Labute approximate surface area is 89.4 Å². The first-order valence-electron chi connectivity index (χ1n) is 5.34. The molecule has 1 aromatic rings. The van der Waals surface area contributed by atoms with Crippen LogP contribution in [0, 0.1) is 5.92 Å². The third-order valence-corrected chi connectivity index (χ3v) is 2.76. The number of hydrogen-bond donors (Lipinski definition) is 0. The molecule has 0 amide bonds. The van der Waals surface area contributed by atoms with Crippen LogP contribution in [0.5, 0.6) is 0 Å². The summed E-state index contributed by atoms with van der Waals surface area (Å²) in [6.07, 6.45) is 3.67. The summed E-state index contributed by atoms with van der Waals surface area (Å²) in [5.41, 5.74) is 3.06. The van der Waals surface area contributed by atoms with Gasteiger partial charge in [0, 0.05) is 0 Å². The quantitative estimate of drug-likeness (QED) is 0.660. The van der Waals surface area contributed by atoms with Gasteiger partial charge in [0.25, 0.3) is 0 Å². The van der Waals surface area contributed by atoms with Crippen molar-refractivity contribution in [2.24, 2.45) is 5.92 Å². The van der Waals surface area contributed by atoms with Crippen molar-refractivity contribution in [1.29, 1.82) is 0 Å². The fraction of sp³-hybridized carbons (Fsp3) is 0.571. The first-order valence-corrected chi connectivity index (χ1v) is 5.34. The van der Waals surface area contributed by atoms with Gasteiger partial charge in [-0.2, -0.15) is 0 Å². The van der Waals surface area contributed by atoms with Crippen molar-refractivity contribution in [2.75, 3.05) is 0 Å². The molecule has 0 bridgehead atoms. The molecule has 1 atom stereocenters. The van der Waals surface area contributed by atoms with Gasteiger partial charge >= 0.3 is 0 Å². The number of hydrogen-bond acceptors (Lipinski definition) is 0. The Morgan fingerprint density at radius 2 is 1.64 bits per heavy atom. The Balaban J connectivity index is 0.00000169. The van der Waals surface area contributed by atoms with Crippen LogP contribution < -0.4 is 0 Å². The predicted octanol–water partition coefficient (Wildman–Crippen LogP) is 4.47. The van der Waals surface area contributed by atoms with E-state index >= 15 is 0 Å². The van der Waals surface area contributed by atoms with E-state index in [-0.39, 0.29) is 7.43 Å². The molecule has 0 saturated heterocycles. The van der Waals surface area contributed by atoms with Crippen molar-refractivity contribution >= 4 is 0 Å². The highest BCUT2D eigenvalue weighted by molar-refractivity contribution is 5.27. The summed E-state index contributed by atoms with van der Waals surface area (Å²) in [4.78, 5) is 0. The van der Waals surface area contributed by atoms with Gasteiger partial charge in [0.05, 0.1) is 0 Å². The monoisotopic (exact) mass is 192 g/mol. The molecule has 0 aliphatic rings. The summed E-state index contributed by atoms with van der Waals surface area (Å²) in [7, 11) is 0. The Bertz CT molecular complexity index is 250. The average molecular weight is 192 g/mol. The third-order valence-electron chi connectivity index (χ3n) is 2.76. The highest BCUT2D eigenvalue weighted by Crippen LogP contribution is 2.16. The van der Waals surface area contributed by atoms with Crippen LogP contribution >= 0.6 is 0 Å². The highest BCUT2D eigenvalue weighted by atomic mass is 14.1. The molecule has 0 aromatic heterocycles. The summed E-state index contributed by atoms with van der Waals surface area (Å²) in [5, 5.41) is 0. The van der Waals surface area contributed by atoms with Crippen molar-refractivity contribution in [2.45, 2.75) is 47.5 Å². The van der Waals surface area contributed by atoms with Crippen LogP contribution in [0.25, 0.3) is 0 Å². The Morgan fingerprint density at radius 3 is 2.14 bits per heavy atom. The lowest BCUT2D eigenvalue weighted by molar-refractivity contribution is 0.558. The van der Waals surface area contributed by atoms with Crippen molar-refractivity contribution < 1.29 is 0 Å². The zero-order valence-corrected chi connectivity index (χ0v) is 9.01. The lowest BCUT2D eigenvalue weighted by Crippen LogP contribution is -2.00. The van der Waals surface area contributed by atoms with Crippen LogP contribution in [0.4, 0.5) is 0 Å². The van der Waals surface area contributed by atoms with Crippen molar-refractivity contribution in [1.82, 2.24) is 0 Å². The van der Waals surface area contributed by atoms with Gasteiger partial charge in [-0.1, -0.05) is 58.9 Å². The van der Waals surface area contributed by atoms with Gasteiger partial charge in [-0.15, -0.1) is 0 Å². The Morgan fingerprint density at radius 1 is 1.07 bits per heavy atom. The number of aryl methyl sites for hydroxylation is 1. The molecule has 0 heteroatoms. The van der Waals surface area contributed by atoms with Gasteiger partial charge in [0.2, 0.25) is 0 Å². The standard InChI is InChI=1S/C13H20.CH4/c1-4-11(3)10-13-9-7-6-8-12(13)5-2;/h6-9,11H,4-5,10H2,1-3H3;1H4/t11-;/m0./s1. The van der Waals surface area contributed by atoms with E-state index in [4.69, 9.17) is 0 Å². The lowest BCUT2D eigenvalue weighted by atomic mass is 9.94. The van der Waals surface area contributed by atoms with Crippen LogP contribution in [0.2, 0.25) is 0 Å². The van der Waals surface area contributed by atoms with E-state index in [1.54, 1.807) is 5.56 Å². The van der Waals surface area contributed by atoms with Crippen LogP contribution in [0.15, 0.2) is 24.3 Å². The van der Waals surface area contributed by atoms with E-state index in [9.17, 15) is 0 Å². The van der Waals surface area contributed by atoms with E-state index in [0.29, 0.717) is 0 Å². The summed E-state index contributed by atoms with van der Waals surface area (Å²) < 4.78 is 0. The molecule has 0 radical (unpaired) electrons. The molecule has 0 aliphatic heterocycles. The van der Waals surface area contributed by atoms with Gasteiger partial charge in [-0.25, -0.2) is 0 Å². The predicted molar refractivity (Wildman–Crippen MR) is 65.7 cm³/mol. The fourth-order valence-corrected chi connectivity index (χ4v) is 1.62. The minimum atomic E-state index is 0. The molecule has 0 N–H and O–H groups in total. The SMILES string of the molecule is C.CCc1ccccc1C[C@@H](C)CC. The van der Waals surface area contributed by atoms with Crippen molar-refractivity contribution in [3.63, 3.8) is 0 Å². The zero-order chi connectivity index (χ0) is 9.68. The van der Waals surface area contributed by atoms with E-state index in [0.717, 1.165) is 12.3 Å². The maximum absolute atomic E-state index is 2.33. The highest BCUT2D eigenvalue weighted by Gasteiger charge is 2.03. The van der Waals surface area contributed by atoms with E-state index < -0.39 is 0 Å². The summed E-state index contributed by atoms with van der Waals surface area (Å²) >= 11 is 0. The molecule has 0 nitrogen and oxygen atoms in total. The van der Waals surface area contributed by atoms with Gasteiger partial charge in [0.15, 0.2) is 0 Å². The molecule has 0 fully saturated rings. The lowest BCUT2D eigenvalue weighted by Gasteiger charge is -2.11. The largest absolute Gasteiger partial charge is 0.0776 e. The normalized spacial score (nSPS) is 11.9. The van der Waals surface area contributed by atoms with Crippen LogP contribution in [0.3, 0.4) is 0 Å². The Hall–Kier alpha value is -0.780. The fourth-order valence-electron chi connectivity index (χ4n) is 1.62. The number of rotatable bonds is 4.